The third-order valence-corrected chi connectivity index (χ3v) is 4.12. The Morgan fingerprint density at radius 1 is 1.42 bits per heavy atom. The molecule has 0 amide bonds. The first kappa shape index (κ1) is 15.9. The Morgan fingerprint density at radius 2 is 2.05 bits per heavy atom. The Labute approximate surface area is 115 Å². The molecule has 0 saturated heterocycles. The van der Waals surface area contributed by atoms with Crippen LogP contribution in [0.25, 0.3) is 0 Å². The summed E-state index contributed by atoms with van der Waals surface area (Å²) in [7, 11) is -3.29. The van der Waals surface area contributed by atoms with E-state index in [4.69, 9.17) is 5.73 Å². The van der Waals surface area contributed by atoms with E-state index in [-0.39, 0.29) is 10.3 Å². The van der Waals surface area contributed by atoms with E-state index in [2.05, 4.69) is 18.8 Å². The lowest BCUT2D eigenvalue weighted by atomic mass is 9.93. The molecule has 6 heteroatoms. The van der Waals surface area contributed by atoms with Crippen LogP contribution in [0.3, 0.4) is 0 Å². The summed E-state index contributed by atoms with van der Waals surface area (Å²) in [6.45, 7) is 7.97. The standard InChI is InChI=1S/C13H23N3O2S/c1-5-16(10-13(2,3)9-14)12-11(19(4,17)18)7-6-8-15-12/h6-8H,5,9-10,14H2,1-4H3. The zero-order valence-electron chi connectivity index (χ0n) is 12.0. The summed E-state index contributed by atoms with van der Waals surface area (Å²) < 4.78 is 23.6. The fraction of sp³-hybridized carbons (Fsp3) is 0.615. The highest BCUT2D eigenvalue weighted by Gasteiger charge is 2.24. The van der Waals surface area contributed by atoms with Gasteiger partial charge in [-0.05, 0) is 31.0 Å². The molecule has 1 heterocycles. The van der Waals surface area contributed by atoms with Gasteiger partial charge in [0.25, 0.3) is 0 Å². The fourth-order valence-electron chi connectivity index (χ4n) is 1.83. The number of hydrogen-bond acceptors (Lipinski definition) is 5. The number of aromatic nitrogens is 1. The van der Waals surface area contributed by atoms with E-state index in [1.165, 1.54) is 6.26 Å². The normalized spacial score (nSPS) is 12.5. The van der Waals surface area contributed by atoms with Gasteiger partial charge in [0.2, 0.25) is 0 Å². The van der Waals surface area contributed by atoms with Crippen LogP contribution in [0.5, 0.6) is 0 Å². The number of nitrogens with two attached hydrogens (primary N) is 1. The van der Waals surface area contributed by atoms with E-state index in [0.717, 1.165) is 0 Å². The molecule has 5 nitrogen and oxygen atoms in total. The maximum atomic E-state index is 11.8. The highest BCUT2D eigenvalue weighted by atomic mass is 32.2. The number of hydrogen-bond donors (Lipinski definition) is 1. The van der Waals surface area contributed by atoms with Gasteiger partial charge in [0.05, 0.1) is 0 Å². The number of sulfone groups is 1. The Kier molecular flexibility index (Phi) is 4.92. The van der Waals surface area contributed by atoms with Crippen LogP contribution >= 0.6 is 0 Å². The van der Waals surface area contributed by atoms with Crippen LogP contribution in [0.1, 0.15) is 20.8 Å². The van der Waals surface area contributed by atoms with E-state index in [9.17, 15) is 8.42 Å². The molecule has 1 aromatic heterocycles. The molecular formula is C13H23N3O2S. The first-order chi connectivity index (χ1) is 8.71. The quantitative estimate of drug-likeness (QED) is 0.852. The summed E-state index contributed by atoms with van der Waals surface area (Å²) >= 11 is 0. The smallest absolute Gasteiger partial charge is 0.179 e. The van der Waals surface area contributed by atoms with Crippen LogP contribution in [-0.2, 0) is 9.84 Å². The Morgan fingerprint density at radius 3 is 2.53 bits per heavy atom. The van der Waals surface area contributed by atoms with Gasteiger partial charge in [0.15, 0.2) is 9.84 Å². The number of nitrogens with zero attached hydrogens (tertiary/aromatic N) is 2. The predicted molar refractivity (Wildman–Crippen MR) is 78.1 cm³/mol. The van der Waals surface area contributed by atoms with Gasteiger partial charge in [-0.2, -0.15) is 0 Å². The van der Waals surface area contributed by atoms with Crippen LogP contribution in [0.2, 0.25) is 0 Å². The molecule has 0 saturated carbocycles. The van der Waals surface area contributed by atoms with Crippen molar-refractivity contribution in [3.8, 4) is 0 Å². The monoisotopic (exact) mass is 285 g/mol. The minimum absolute atomic E-state index is 0.0949. The molecule has 0 spiro atoms. The molecule has 0 atom stereocenters. The van der Waals surface area contributed by atoms with Gasteiger partial charge in [-0.1, -0.05) is 13.8 Å². The molecule has 2 N–H and O–H groups in total. The minimum Gasteiger partial charge on any atom is -0.355 e. The summed E-state index contributed by atoms with van der Waals surface area (Å²) in [5.74, 6) is 0.508. The first-order valence-corrected chi connectivity index (χ1v) is 8.20. The number of anilines is 1. The second kappa shape index (κ2) is 5.88. The van der Waals surface area contributed by atoms with Gasteiger partial charge < -0.3 is 10.6 Å². The molecular weight excluding hydrogens is 262 g/mol. The SMILES string of the molecule is CCN(CC(C)(C)CN)c1ncccc1S(C)(=O)=O. The van der Waals surface area contributed by atoms with E-state index in [0.29, 0.717) is 25.5 Å². The van der Waals surface area contributed by atoms with Gasteiger partial charge in [0.1, 0.15) is 10.7 Å². The average Bonchev–Trinajstić information content (AvgIpc) is 2.35. The van der Waals surface area contributed by atoms with Crippen LogP contribution in [0.4, 0.5) is 5.82 Å². The molecule has 0 aromatic carbocycles. The molecule has 1 rings (SSSR count). The molecule has 0 aliphatic heterocycles. The Balaban J connectivity index is 3.20. The van der Waals surface area contributed by atoms with Gasteiger partial charge >= 0.3 is 0 Å². The van der Waals surface area contributed by atoms with E-state index < -0.39 is 9.84 Å². The number of rotatable bonds is 6. The van der Waals surface area contributed by atoms with Gasteiger partial charge in [0, 0.05) is 25.5 Å². The van der Waals surface area contributed by atoms with Gasteiger partial charge in [-0.25, -0.2) is 13.4 Å². The second-order valence-corrected chi connectivity index (χ2v) is 7.46. The zero-order chi connectivity index (χ0) is 14.7. The van der Waals surface area contributed by atoms with Crippen molar-refractivity contribution in [2.24, 2.45) is 11.1 Å². The number of pyridine rings is 1. The van der Waals surface area contributed by atoms with Crippen LogP contribution in [0, 0.1) is 5.41 Å². The molecule has 19 heavy (non-hydrogen) atoms. The second-order valence-electron chi connectivity index (χ2n) is 5.48. The molecule has 0 aliphatic rings. The minimum atomic E-state index is -3.29. The summed E-state index contributed by atoms with van der Waals surface area (Å²) in [6, 6.07) is 3.23. The van der Waals surface area contributed by atoms with Crippen molar-refractivity contribution in [3.63, 3.8) is 0 Å². The van der Waals surface area contributed by atoms with Crippen molar-refractivity contribution >= 4 is 15.7 Å². The van der Waals surface area contributed by atoms with Crippen LogP contribution < -0.4 is 10.6 Å². The molecule has 108 valence electrons. The molecule has 0 aliphatic carbocycles. The molecule has 0 bridgehead atoms. The van der Waals surface area contributed by atoms with Crippen molar-refractivity contribution in [2.75, 3.05) is 30.8 Å². The molecule has 1 aromatic rings. The van der Waals surface area contributed by atoms with Crippen LogP contribution in [-0.4, -0.2) is 39.3 Å². The molecule has 0 unspecified atom stereocenters. The van der Waals surface area contributed by atoms with Crippen LogP contribution in [0.15, 0.2) is 23.2 Å². The third-order valence-electron chi connectivity index (χ3n) is 3.00. The first-order valence-electron chi connectivity index (χ1n) is 6.31. The Hall–Kier alpha value is -1.14. The molecule has 0 radical (unpaired) electrons. The van der Waals surface area contributed by atoms with Crippen molar-refractivity contribution in [1.29, 1.82) is 0 Å². The van der Waals surface area contributed by atoms with Crippen molar-refractivity contribution in [2.45, 2.75) is 25.7 Å². The summed E-state index contributed by atoms with van der Waals surface area (Å²) in [4.78, 5) is 6.47. The lowest BCUT2D eigenvalue weighted by Crippen LogP contribution is -2.39. The van der Waals surface area contributed by atoms with E-state index in [1.54, 1.807) is 18.3 Å². The fourth-order valence-corrected chi connectivity index (χ4v) is 2.67. The predicted octanol–water partition coefficient (Wildman–Crippen LogP) is 1.30. The summed E-state index contributed by atoms with van der Waals surface area (Å²) in [5, 5.41) is 0. The average molecular weight is 285 g/mol. The topological polar surface area (TPSA) is 76.3 Å². The lowest BCUT2D eigenvalue weighted by Gasteiger charge is -2.32. The van der Waals surface area contributed by atoms with Crippen molar-refractivity contribution in [3.05, 3.63) is 18.3 Å². The van der Waals surface area contributed by atoms with Gasteiger partial charge in [-0.15, -0.1) is 0 Å². The molecule has 0 fully saturated rings. The van der Waals surface area contributed by atoms with E-state index >= 15 is 0 Å². The lowest BCUT2D eigenvalue weighted by molar-refractivity contribution is 0.378. The zero-order valence-corrected chi connectivity index (χ0v) is 12.9. The highest BCUT2D eigenvalue weighted by molar-refractivity contribution is 7.90. The van der Waals surface area contributed by atoms with Crippen molar-refractivity contribution in [1.82, 2.24) is 4.98 Å². The van der Waals surface area contributed by atoms with E-state index in [1.807, 2.05) is 11.8 Å². The van der Waals surface area contributed by atoms with Gasteiger partial charge in [-0.3, -0.25) is 0 Å². The van der Waals surface area contributed by atoms with Crippen molar-refractivity contribution < 1.29 is 8.42 Å². The summed E-state index contributed by atoms with van der Waals surface area (Å²) in [5.41, 5.74) is 5.65. The highest BCUT2D eigenvalue weighted by Crippen LogP contribution is 2.25. The largest absolute Gasteiger partial charge is 0.355 e. The maximum Gasteiger partial charge on any atom is 0.179 e. The summed E-state index contributed by atoms with van der Waals surface area (Å²) in [6.07, 6.45) is 2.82. The maximum absolute atomic E-state index is 11.8. The third kappa shape index (κ3) is 4.18. The Bertz CT molecular complexity index is 526.